The molecule has 1 aromatic carbocycles. The molecule has 3 saturated heterocycles. The number of nitrogens with zero attached hydrogens (tertiary/aromatic N) is 3. The van der Waals surface area contributed by atoms with Crippen molar-refractivity contribution in [2.75, 3.05) is 49.5 Å². The minimum absolute atomic E-state index is 0.110. The summed E-state index contributed by atoms with van der Waals surface area (Å²) in [6, 6.07) is 7.05. The first-order chi connectivity index (χ1) is 16.3. The van der Waals surface area contributed by atoms with Crippen molar-refractivity contribution in [3.63, 3.8) is 0 Å². The van der Waals surface area contributed by atoms with Gasteiger partial charge < -0.3 is 29.5 Å². The van der Waals surface area contributed by atoms with Crippen molar-refractivity contribution in [3.8, 4) is 0 Å². The molecule has 3 fully saturated rings. The Bertz CT molecular complexity index is 1050. The smallest absolute Gasteiger partial charge is 0.409 e. The monoisotopic (exact) mass is 468 g/mol. The van der Waals surface area contributed by atoms with Crippen LogP contribution in [0.25, 0.3) is 0 Å². The summed E-state index contributed by atoms with van der Waals surface area (Å²) in [7, 11) is 0. The lowest BCUT2D eigenvalue weighted by atomic mass is 9.76. The van der Waals surface area contributed by atoms with Gasteiger partial charge in [0.1, 0.15) is 5.60 Å². The molecule has 0 unspecified atom stereocenters. The maximum Gasteiger partial charge on any atom is 0.409 e. The molecule has 4 amide bonds. The SMILES string of the molecule is CCOC(=O)N1CCN(C(=O)[C@@H]2[C@H]3C(=O)N(c4ccc(NC(C)=O)cc4)C[C@@]34C=C[C@H]2O4)CC1. The molecule has 0 aliphatic carbocycles. The highest BCUT2D eigenvalue weighted by atomic mass is 16.6. The van der Waals surface area contributed by atoms with Gasteiger partial charge in [0.25, 0.3) is 0 Å². The first kappa shape index (κ1) is 22.4. The molecule has 0 saturated carbocycles. The summed E-state index contributed by atoms with van der Waals surface area (Å²) < 4.78 is 11.3. The number of rotatable bonds is 4. The molecule has 1 spiro atoms. The molecule has 2 bridgehead atoms. The van der Waals surface area contributed by atoms with Gasteiger partial charge >= 0.3 is 6.09 Å². The van der Waals surface area contributed by atoms with Gasteiger partial charge in [-0.2, -0.15) is 0 Å². The summed E-state index contributed by atoms with van der Waals surface area (Å²) in [6.45, 7) is 5.43. The molecule has 1 aromatic rings. The van der Waals surface area contributed by atoms with Crippen LogP contribution in [0.4, 0.5) is 16.2 Å². The first-order valence-corrected chi connectivity index (χ1v) is 11.6. The molecule has 10 heteroatoms. The van der Waals surface area contributed by atoms with E-state index in [9.17, 15) is 19.2 Å². The summed E-state index contributed by atoms with van der Waals surface area (Å²) >= 11 is 0. The van der Waals surface area contributed by atoms with Crippen molar-refractivity contribution >= 4 is 35.2 Å². The minimum atomic E-state index is -0.814. The zero-order valence-electron chi connectivity index (χ0n) is 19.2. The molecular formula is C24H28N4O6. The van der Waals surface area contributed by atoms with Gasteiger partial charge in [-0.05, 0) is 31.2 Å². The standard InChI is InChI=1S/C24H28N4O6/c1-3-33-23(32)27-12-10-26(11-13-27)21(30)19-18-8-9-24(34-18)14-28(22(31)20(19)24)17-6-4-16(5-7-17)25-15(2)29/h4-9,18-20H,3,10-14H2,1-2H3,(H,25,29)/t18-,19+,20+,24+/m1/s1. The zero-order chi connectivity index (χ0) is 24.0. The molecule has 4 aliphatic rings. The third-order valence-electron chi connectivity index (χ3n) is 7.00. The molecule has 4 heterocycles. The number of benzene rings is 1. The molecule has 180 valence electrons. The molecular weight excluding hydrogens is 440 g/mol. The fourth-order valence-electron chi connectivity index (χ4n) is 5.46. The van der Waals surface area contributed by atoms with E-state index in [1.54, 1.807) is 45.9 Å². The molecule has 0 radical (unpaired) electrons. The lowest BCUT2D eigenvalue weighted by Crippen LogP contribution is -2.54. The van der Waals surface area contributed by atoms with Crippen LogP contribution in [0, 0.1) is 11.8 Å². The third-order valence-corrected chi connectivity index (χ3v) is 7.00. The van der Waals surface area contributed by atoms with Crippen LogP contribution in [-0.4, -0.2) is 84.7 Å². The molecule has 4 aliphatic heterocycles. The normalized spacial score (nSPS) is 29.4. The van der Waals surface area contributed by atoms with Gasteiger partial charge in [-0.15, -0.1) is 0 Å². The van der Waals surface area contributed by atoms with Crippen LogP contribution in [0.2, 0.25) is 0 Å². The fraction of sp³-hybridized carbons (Fsp3) is 0.500. The van der Waals surface area contributed by atoms with E-state index in [0.717, 1.165) is 0 Å². The summed E-state index contributed by atoms with van der Waals surface area (Å²) in [5.41, 5.74) is 0.524. The number of carbonyl (C=O) groups is 4. The Morgan fingerprint density at radius 3 is 2.44 bits per heavy atom. The summed E-state index contributed by atoms with van der Waals surface area (Å²) in [4.78, 5) is 55.3. The van der Waals surface area contributed by atoms with E-state index in [-0.39, 0.29) is 23.8 Å². The van der Waals surface area contributed by atoms with Crippen LogP contribution in [0.1, 0.15) is 13.8 Å². The first-order valence-electron chi connectivity index (χ1n) is 11.6. The summed E-state index contributed by atoms with van der Waals surface area (Å²) in [6.07, 6.45) is 3.03. The predicted octanol–water partition coefficient (Wildman–Crippen LogP) is 1.23. The lowest BCUT2D eigenvalue weighted by Gasteiger charge is -2.36. The van der Waals surface area contributed by atoms with Crippen molar-refractivity contribution in [1.82, 2.24) is 9.80 Å². The summed E-state index contributed by atoms with van der Waals surface area (Å²) in [5, 5.41) is 2.71. The Balaban J connectivity index is 1.31. The second kappa shape index (κ2) is 8.43. The number of fused-ring (bicyclic) bond motifs is 1. The number of carbonyl (C=O) groups excluding carboxylic acids is 4. The number of hydrogen-bond acceptors (Lipinski definition) is 6. The Hall–Kier alpha value is -3.40. The Morgan fingerprint density at radius 2 is 1.79 bits per heavy atom. The Labute approximate surface area is 197 Å². The van der Waals surface area contributed by atoms with E-state index in [1.807, 2.05) is 12.2 Å². The van der Waals surface area contributed by atoms with Gasteiger partial charge in [-0.1, -0.05) is 12.2 Å². The maximum absolute atomic E-state index is 13.5. The van der Waals surface area contributed by atoms with E-state index in [0.29, 0.717) is 50.7 Å². The van der Waals surface area contributed by atoms with Crippen molar-refractivity contribution in [2.24, 2.45) is 11.8 Å². The number of piperazine rings is 1. The van der Waals surface area contributed by atoms with Crippen molar-refractivity contribution in [1.29, 1.82) is 0 Å². The maximum atomic E-state index is 13.5. The quantitative estimate of drug-likeness (QED) is 0.666. The number of hydrogen-bond donors (Lipinski definition) is 1. The van der Waals surface area contributed by atoms with E-state index < -0.39 is 23.5 Å². The second-order valence-corrected chi connectivity index (χ2v) is 9.06. The van der Waals surface area contributed by atoms with Gasteiger partial charge in [0.15, 0.2) is 0 Å². The van der Waals surface area contributed by atoms with Crippen LogP contribution in [0.15, 0.2) is 36.4 Å². The van der Waals surface area contributed by atoms with Crippen molar-refractivity contribution in [3.05, 3.63) is 36.4 Å². The fourth-order valence-corrected chi connectivity index (χ4v) is 5.46. The second-order valence-electron chi connectivity index (χ2n) is 9.06. The topological polar surface area (TPSA) is 108 Å². The van der Waals surface area contributed by atoms with Crippen LogP contribution >= 0.6 is 0 Å². The molecule has 34 heavy (non-hydrogen) atoms. The van der Waals surface area contributed by atoms with Gasteiger partial charge in [0, 0.05) is 44.5 Å². The minimum Gasteiger partial charge on any atom is -0.450 e. The molecule has 1 N–H and O–H groups in total. The van der Waals surface area contributed by atoms with Crippen LogP contribution in [0.3, 0.4) is 0 Å². The number of nitrogens with one attached hydrogen (secondary N) is 1. The zero-order valence-corrected chi connectivity index (χ0v) is 19.2. The lowest BCUT2D eigenvalue weighted by molar-refractivity contribution is -0.141. The highest BCUT2D eigenvalue weighted by Gasteiger charge is 2.67. The van der Waals surface area contributed by atoms with E-state index in [4.69, 9.17) is 9.47 Å². The summed E-state index contributed by atoms with van der Waals surface area (Å²) in [5.74, 6) is -1.59. The third kappa shape index (κ3) is 3.62. The van der Waals surface area contributed by atoms with Gasteiger partial charge in [-0.25, -0.2) is 4.79 Å². The average molecular weight is 469 g/mol. The molecule has 10 nitrogen and oxygen atoms in total. The number of anilines is 2. The highest BCUT2D eigenvalue weighted by Crippen LogP contribution is 2.53. The van der Waals surface area contributed by atoms with Gasteiger partial charge in [0.2, 0.25) is 17.7 Å². The Morgan fingerprint density at radius 1 is 1.12 bits per heavy atom. The van der Waals surface area contributed by atoms with E-state index >= 15 is 0 Å². The van der Waals surface area contributed by atoms with Crippen LogP contribution < -0.4 is 10.2 Å². The highest BCUT2D eigenvalue weighted by molar-refractivity contribution is 6.03. The largest absolute Gasteiger partial charge is 0.450 e. The van der Waals surface area contributed by atoms with E-state index in [1.165, 1.54) is 6.92 Å². The number of ether oxygens (including phenoxy) is 2. The van der Waals surface area contributed by atoms with Crippen LogP contribution in [0.5, 0.6) is 0 Å². The van der Waals surface area contributed by atoms with Gasteiger partial charge in [0.05, 0.1) is 31.1 Å². The Kier molecular flexibility index (Phi) is 5.55. The van der Waals surface area contributed by atoms with Crippen molar-refractivity contribution < 1.29 is 28.7 Å². The average Bonchev–Trinajstić information content (AvgIpc) is 3.47. The number of amides is 4. The van der Waals surface area contributed by atoms with Crippen LogP contribution in [-0.2, 0) is 23.9 Å². The molecule has 0 aromatic heterocycles. The van der Waals surface area contributed by atoms with E-state index in [2.05, 4.69) is 5.32 Å². The molecule has 4 atom stereocenters. The van der Waals surface area contributed by atoms with Gasteiger partial charge in [-0.3, -0.25) is 14.4 Å². The van der Waals surface area contributed by atoms with Crippen molar-refractivity contribution in [2.45, 2.75) is 25.6 Å². The molecule has 5 rings (SSSR count). The predicted molar refractivity (Wildman–Crippen MR) is 122 cm³/mol.